The Kier molecular flexibility index (Phi) is 4.98. The van der Waals surface area contributed by atoms with Crippen molar-refractivity contribution in [1.29, 1.82) is 0 Å². The molecule has 14 heavy (non-hydrogen) atoms. The van der Waals surface area contributed by atoms with Crippen molar-refractivity contribution in [2.24, 2.45) is 5.73 Å². The van der Waals surface area contributed by atoms with Crippen LogP contribution in [0.1, 0.15) is 6.92 Å². The van der Waals surface area contributed by atoms with Crippen LogP contribution in [0.5, 0.6) is 0 Å². The number of allylic oxidation sites excluding steroid dienone is 1. The van der Waals surface area contributed by atoms with Crippen LogP contribution in [-0.2, 0) is 14.4 Å². The quantitative estimate of drug-likeness (QED) is 0.553. The van der Waals surface area contributed by atoms with E-state index in [0.717, 1.165) is 4.90 Å². The molecule has 6 heteroatoms. The Morgan fingerprint density at radius 1 is 1.36 bits per heavy atom. The van der Waals surface area contributed by atoms with Gasteiger partial charge in [-0.15, -0.1) is 0 Å². The van der Waals surface area contributed by atoms with E-state index in [9.17, 15) is 14.4 Å². The van der Waals surface area contributed by atoms with E-state index in [1.54, 1.807) is 6.92 Å². The summed E-state index contributed by atoms with van der Waals surface area (Å²) in [5.74, 6) is -2.48. The zero-order valence-corrected chi connectivity index (χ0v) is 7.77. The number of hydrogen-bond donors (Lipinski definition) is 2. The smallest absolute Gasteiger partial charge is 0.323 e. The number of carboxylic acid groups (broad SMARTS) is 1. The van der Waals surface area contributed by atoms with Crippen molar-refractivity contribution in [3.8, 4) is 0 Å². The summed E-state index contributed by atoms with van der Waals surface area (Å²) < 4.78 is 0. The molecule has 0 fully saturated rings. The van der Waals surface area contributed by atoms with Crippen molar-refractivity contribution in [2.45, 2.75) is 6.92 Å². The summed E-state index contributed by atoms with van der Waals surface area (Å²) in [4.78, 5) is 32.9. The van der Waals surface area contributed by atoms with Gasteiger partial charge in [0.1, 0.15) is 13.1 Å². The molecule has 0 unspecified atom stereocenters. The van der Waals surface area contributed by atoms with Crippen molar-refractivity contribution in [1.82, 2.24) is 4.90 Å². The molecular formula is C8H12N2O4. The summed E-state index contributed by atoms with van der Waals surface area (Å²) in [7, 11) is 0. The standard InChI is InChI=1S/C8H12N2O4/c1-2-3-7(12)10(4-6(9)11)5-8(13)14/h2-3H,4-5H2,1H3,(H2,9,11)(H,13,14)/b3-2+. The first-order valence-corrected chi connectivity index (χ1v) is 3.89. The third-order valence-electron chi connectivity index (χ3n) is 1.29. The maximum Gasteiger partial charge on any atom is 0.323 e. The van der Waals surface area contributed by atoms with Crippen LogP contribution in [0.2, 0.25) is 0 Å². The molecule has 6 nitrogen and oxygen atoms in total. The Balaban J connectivity index is 4.45. The SMILES string of the molecule is C/C=C/C(=O)N(CC(N)=O)CC(=O)O. The first kappa shape index (κ1) is 12.2. The van der Waals surface area contributed by atoms with Gasteiger partial charge in [0.25, 0.3) is 0 Å². The van der Waals surface area contributed by atoms with E-state index in [4.69, 9.17) is 10.8 Å². The number of rotatable bonds is 5. The lowest BCUT2D eigenvalue weighted by Gasteiger charge is -2.16. The van der Waals surface area contributed by atoms with E-state index >= 15 is 0 Å². The molecule has 0 saturated carbocycles. The zero-order valence-electron chi connectivity index (χ0n) is 7.77. The molecule has 0 aliphatic carbocycles. The van der Waals surface area contributed by atoms with Crippen LogP contribution < -0.4 is 5.73 Å². The summed E-state index contributed by atoms with van der Waals surface area (Å²) in [6.07, 6.45) is 2.63. The second-order valence-corrected chi connectivity index (χ2v) is 2.55. The number of aliphatic carboxylic acids is 1. The zero-order chi connectivity index (χ0) is 11.1. The average molecular weight is 200 g/mol. The van der Waals surface area contributed by atoms with Crippen LogP contribution in [0.3, 0.4) is 0 Å². The molecule has 0 spiro atoms. The first-order chi connectivity index (χ1) is 6.47. The molecular weight excluding hydrogens is 188 g/mol. The fourth-order valence-electron chi connectivity index (χ4n) is 0.811. The molecule has 0 heterocycles. The number of hydrogen-bond acceptors (Lipinski definition) is 3. The number of amides is 2. The maximum absolute atomic E-state index is 11.2. The van der Waals surface area contributed by atoms with Gasteiger partial charge in [-0.3, -0.25) is 14.4 Å². The van der Waals surface area contributed by atoms with E-state index in [2.05, 4.69) is 0 Å². The number of nitrogens with zero attached hydrogens (tertiary/aromatic N) is 1. The molecule has 0 aliphatic rings. The molecule has 2 amide bonds. The summed E-state index contributed by atoms with van der Waals surface area (Å²) in [6, 6.07) is 0. The summed E-state index contributed by atoms with van der Waals surface area (Å²) >= 11 is 0. The van der Waals surface area contributed by atoms with Gasteiger partial charge in [0.2, 0.25) is 11.8 Å². The number of carboxylic acids is 1. The maximum atomic E-state index is 11.2. The van der Waals surface area contributed by atoms with Crippen LogP contribution in [0.25, 0.3) is 0 Å². The number of carbonyl (C=O) groups is 3. The Morgan fingerprint density at radius 3 is 2.29 bits per heavy atom. The topological polar surface area (TPSA) is 101 Å². The molecule has 0 aromatic heterocycles. The Labute approximate surface area is 81.0 Å². The van der Waals surface area contributed by atoms with Crippen molar-refractivity contribution >= 4 is 17.8 Å². The van der Waals surface area contributed by atoms with Gasteiger partial charge in [-0.1, -0.05) is 6.08 Å². The van der Waals surface area contributed by atoms with Gasteiger partial charge in [-0.2, -0.15) is 0 Å². The summed E-state index contributed by atoms with van der Waals surface area (Å²) in [6.45, 7) is 0.683. The molecule has 0 saturated heterocycles. The van der Waals surface area contributed by atoms with Crippen LogP contribution in [0.4, 0.5) is 0 Å². The molecule has 0 aromatic rings. The molecule has 0 aliphatic heterocycles. The second-order valence-electron chi connectivity index (χ2n) is 2.55. The second kappa shape index (κ2) is 5.74. The van der Waals surface area contributed by atoms with Crippen LogP contribution in [0, 0.1) is 0 Å². The average Bonchev–Trinajstić information content (AvgIpc) is 2.01. The van der Waals surface area contributed by atoms with Crippen molar-refractivity contribution in [3.63, 3.8) is 0 Å². The lowest BCUT2D eigenvalue weighted by Crippen LogP contribution is -2.40. The molecule has 0 atom stereocenters. The van der Waals surface area contributed by atoms with E-state index in [1.165, 1.54) is 12.2 Å². The largest absolute Gasteiger partial charge is 0.480 e. The van der Waals surface area contributed by atoms with Gasteiger partial charge >= 0.3 is 5.97 Å². The van der Waals surface area contributed by atoms with E-state index < -0.39 is 30.9 Å². The highest BCUT2D eigenvalue weighted by molar-refractivity contribution is 5.93. The third-order valence-corrected chi connectivity index (χ3v) is 1.29. The van der Waals surface area contributed by atoms with Crippen molar-refractivity contribution in [2.75, 3.05) is 13.1 Å². The summed E-state index contributed by atoms with van der Waals surface area (Å²) in [5.41, 5.74) is 4.85. The lowest BCUT2D eigenvalue weighted by atomic mass is 10.4. The predicted molar refractivity (Wildman–Crippen MR) is 48.2 cm³/mol. The Hall–Kier alpha value is -1.85. The molecule has 78 valence electrons. The molecule has 0 rings (SSSR count). The van der Waals surface area contributed by atoms with Crippen LogP contribution in [-0.4, -0.2) is 40.9 Å². The molecule has 0 aromatic carbocycles. The van der Waals surface area contributed by atoms with Gasteiger partial charge in [0.05, 0.1) is 0 Å². The Morgan fingerprint density at radius 2 is 1.93 bits per heavy atom. The van der Waals surface area contributed by atoms with Gasteiger partial charge in [-0.05, 0) is 13.0 Å². The predicted octanol–water partition coefficient (Wildman–Crippen LogP) is -1.04. The van der Waals surface area contributed by atoms with Crippen molar-refractivity contribution < 1.29 is 19.5 Å². The highest BCUT2D eigenvalue weighted by Gasteiger charge is 2.15. The van der Waals surface area contributed by atoms with Gasteiger partial charge in [0.15, 0.2) is 0 Å². The highest BCUT2D eigenvalue weighted by atomic mass is 16.4. The van der Waals surface area contributed by atoms with Crippen LogP contribution in [0.15, 0.2) is 12.2 Å². The fourth-order valence-corrected chi connectivity index (χ4v) is 0.811. The number of nitrogens with two attached hydrogens (primary N) is 1. The van der Waals surface area contributed by atoms with Crippen LogP contribution >= 0.6 is 0 Å². The number of primary amides is 1. The third kappa shape index (κ3) is 4.91. The minimum Gasteiger partial charge on any atom is -0.480 e. The minimum absolute atomic E-state index is 0.393. The van der Waals surface area contributed by atoms with Crippen molar-refractivity contribution in [3.05, 3.63) is 12.2 Å². The molecule has 0 bridgehead atoms. The van der Waals surface area contributed by atoms with Gasteiger partial charge < -0.3 is 15.7 Å². The molecule has 3 N–H and O–H groups in total. The number of carbonyl (C=O) groups excluding carboxylic acids is 2. The fraction of sp³-hybridized carbons (Fsp3) is 0.375. The monoisotopic (exact) mass is 200 g/mol. The molecule has 0 radical (unpaired) electrons. The lowest BCUT2D eigenvalue weighted by molar-refractivity contribution is -0.143. The normalized spacial score (nSPS) is 10.1. The highest BCUT2D eigenvalue weighted by Crippen LogP contribution is 1.91. The van der Waals surface area contributed by atoms with E-state index in [0.29, 0.717) is 0 Å². The van der Waals surface area contributed by atoms with E-state index in [-0.39, 0.29) is 0 Å². The van der Waals surface area contributed by atoms with Gasteiger partial charge in [-0.25, -0.2) is 0 Å². The summed E-state index contributed by atoms with van der Waals surface area (Å²) in [5, 5.41) is 8.44. The van der Waals surface area contributed by atoms with Gasteiger partial charge in [0, 0.05) is 0 Å². The minimum atomic E-state index is -1.19. The van der Waals surface area contributed by atoms with E-state index in [1.807, 2.05) is 0 Å². The Bertz CT molecular complexity index is 257. The first-order valence-electron chi connectivity index (χ1n) is 3.89.